The van der Waals surface area contributed by atoms with Gasteiger partial charge in [-0.25, -0.2) is 4.79 Å². The number of carboxylic acids is 1. The van der Waals surface area contributed by atoms with Gasteiger partial charge in [0, 0.05) is 19.0 Å². The Balaban J connectivity index is 3.51. The number of halogens is 3. The Kier molecular flexibility index (Phi) is 6.00. The van der Waals surface area contributed by atoms with E-state index in [4.69, 9.17) is 5.11 Å². The molecule has 0 heterocycles. The van der Waals surface area contributed by atoms with Gasteiger partial charge in [0.15, 0.2) is 0 Å². The van der Waals surface area contributed by atoms with Crippen LogP contribution >= 0.6 is 0 Å². The van der Waals surface area contributed by atoms with Gasteiger partial charge < -0.3 is 10.4 Å². The van der Waals surface area contributed by atoms with Crippen LogP contribution < -0.4 is 5.32 Å². The second-order valence-electron chi connectivity index (χ2n) is 3.22. The summed E-state index contributed by atoms with van der Waals surface area (Å²) < 4.78 is 35.1. The Hall–Kier alpha value is -1.04. The summed E-state index contributed by atoms with van der Waals surface area (Å²) in [4.78, 5) is 10.2. The van der Waals surface area contributed by atoms with Crippen molar-refractivity contribution >= 4 is 5.97 Å². The molecule has 2 N–H and O–H groups in total. The number of hydrogen-bond donors (Lipinski definition) is 2. The van der Waals surface area contributed by atoms with Crippen LogP contribution in [0.2, 0.25) is 0 Å². The molecule has 0 saturated carbocycles. The van der Waals surface area contributed by atoms with Crippen molar-refractivity contribution in [1.82, 2.24) is 5.32 Å². The summed E-state index contributed by atoms with van der Waals surface area (Å²) in [5.41, 5.74) is 0.578. The van der Waals surface area contributed by atoms with Gasteiger partial charge in [0.05, 0.1) is 0 Å². The maximum Gasteiger partial charge on any atom is 0.389 e. The zero-order chi connectivity index (χ0) is 11.9. The van der Waals surface area contributed by atoms with E-state index in [-0.39, 0.29) is 13.0 Å². The van der Waals surface area contributed by atoms with E-state index >= 15 is 0 Å². The van der Waals surface area contributed by atoms with E-state index in [9.17, 15) is 18.0 Å². The summed E-state index contributed by atoms with van der Waals surface area (Å²) in [6.07, 6.45) is -3.91. The fraction of sp³-hybridized carbons (Fsp3) is 0.667. The quantitative estimate of drug-likeness (QED) is 0.536. The standard InChI is InChI=1S/C9H14F3NO2/c1-7(5-8(14)15)6-13-4-2-3-9(10,11)12/h5,13H,2-4,6H2,1H3,(H,14,15). The Morgan fingerprint density at radius 3 is 2.53 bits per heavy atom. The smallest absolute Gasteiger partial charge is 0.389 e. The maximum absolute atomic E-state index is 11.7. The molecule has 0 saturated heterocycles. The summed E-state index contributed by atoms with van der Waals surface area (Å²) in [5, 5.41) is 11.1. The molecule has 0 aliphatic carbocycles. The molecule has 0 radical (unpaired) electrons. The summed E-state index contributed by atoms with van der Waals surface area (Å²) in [6.45, 7) is 2.12. The molecule has 0 aromatic rings. The molecule has 0 fully saturated rings. The van der Waals surface area contributed by atoms with Gasteiger partial charge in [-0.2, -0.15) is 13.2 Å². The van der Waals surface area contributed by atoms with E-state index in [0.29, 0.717) is 12.1 Å². The summed E-state index contributed by atoms with van der Waals surface area (Å²) in [6, 6.07) is 0. The molecule has 3 nitrogen and oxygen atoms in total. The van der Waals surface area contributed by atoms with Crippen molar-refractivity contribution in [2.75, 3.05) is 13.1 Å². The Bertz CT molecular complexity index is 236. The van der Waals surface area contributed by atoms with Crippen LogP contribution in [-0.2, 0) is 4.79 Å². The first-order valence-electron chi connectivity index (χ1n) is 4.49. The van der Waals surface area contributed by atoms with Crippen molar-refractivity contribution in [3.63, 3.8) is 0 Å². The minimum absolute atomic E-state index is 0.00382. The fourth-order valence-corrected chi connectivity index (χ4v) is 0.961. The molecule has 0 unspecified atom stereocenters. The molecule has 88 valence electrons. The zero-order valence-electron chi connectivity index (χ0n) is 8.40. The largest absolute Gasteiger partial charge is 0.478 e. The van der Waals surface area contributed by atoms with Crippen molar-refractivity contribution in [3.8, 4) is 0 Å². The van der Waals surface area contributed by atoms with Crippen LogP contribution in [0.4, 0.5) is 13.2 Å². The molecule has 0 spiro atoms. The van der Waals surface area contributed by atoms with E-state index in [0.717, 1.165) is 6.08 Å². The zero-order valence-corrected chi connectivity index (χ0v) is 8.40. The predicted octanol–water partition coefficient (Wildman–Crippen LogP) is 1.95. The molecule has 0 amide bonds. The van der Waals surface area contributed by atoms with Crippen LogP contribution in [0.5, 0.6) is 0 Å². The van der Waals surface area contributed by atoms with E-state index in [2.05, 4.69) is 5.32 Å². The highest BCUT2D eigenvalue weighted by atomic mass is 19.4. The first-order chi connectivity index (χ1) is 6.81. The van der Waals surface area contributed by atoms with Crippen LogP contribution in [0.3, 0.4) is 0 Å². The van der Waals surface area contributed by atoms with Crippen LogP contribution in [-0.4, -0.2) is 30.3 Å². The van der Waals surface area contributed by atoms with E-state index in [1.54, 1.807) is 6.92 Å². The minimum Gasteiger partial charge on any atom is -0.478 e. The third-order valence-electron chi connectivity index (χ3n) is 1.59. The van der Waals surface area contributed by atoms with Crippen molar-refractivity contribution in [3.05, 3.63) is 11.6 Å². The van der Waals surface area contributed by atoms with Gasteiger partial charge >= 0.3 is 12.1 Å². The molecule has 15 heavy (non-hydrogen) atoms. The summed E-state index contributed by atoms with van der Waals surface area (Å²) in [7, 11) is 0. The number of nitrogens with one attached hydrogen (secondary N) is 1. The lowest BCUT2D eigenvalue weighted by atomic mass is 10.2. The van der Waals surface area contributed by atoms with E-state index < -0.39 is 18.6 Å². The minimum atomic E-state index is -4.12. The van der Waals surface area contributed by atoms with Crippen molar-refractivity contribution in [1.29, 1.82) is 0 Å². The van der Waals surface area contributed by atoms with Crippen LogP contribution in [0.15, 0.2) is 11.6 Å². The molecule has 6 heteroatoms. The van der Waals surface area contributed by atoms with Gasteiger partial charge in [0.25, 0.3) is 0 Å². The Labute approximate surface area is 86.0 Å². The first kappa shape index (κ1) is 14.0. The molecular weight excluding hydrogens is 211 g/mol. The van der Waals surface area contributed by atoms with E-state index in [1.807, 2.05) is 0 Å². The van der Waals surface area contributed by atoms with Crippen molar-refractivity contribution in [2.45, 2.75) is 25.9 Å². The van der Waals surface area contributed by atoms with Gasteiger partial charge in [-0.3, -0.25) is 0 Å². The van der Waals surface area contributed by atoms with Gasteiger partial charge in [-0.15, -0.1) is 0 Å². The Morgan fingerprint density at radius 1 is 1.47 bits per heavy atom. The van der Waals surface area contributed by atoms with Crippen LogP contribution in [0.25, 0.3) is 0 Å². The lowest BCUT2D eigenvalue weighted by Gasteiger charge is -2.07. The normalized spacial score (nSPS) is 12.9. The average molecular weight is 225 g/mol. The lowest BCUT2D eigenvalue weighted by Crippen LogP contribution is -2.20. The number of hydrogen-bond acceptors (Lipinski definition) is 2. The van der Waals surface area contributed by atoms with Gasteiger partial charge in [0.1, 0.15) is 0 Å². The van der Waals surface area contributed by atoms with E-state index in [1.165, 1.54) is 0 Å². The van der Waals surface area contributed by atoms with Gasteiger partial charge in [-0.1, -0.05) is 5.57 Å². The summed E-state index contributed by atoms with van der Waals surface area (Å²) in [5.74, 6) is -1.05. The topological polar surface area (TPSA) is 49.3 Å². The average Bonchev–Trinajstić information content (AvgIpc) is 1.99. The van der Waals surface area contributed by atoms with Gasteiger partial charge in [-0.05, 0) is 19.9 Å². The molecule has 0 atom stereocenters. The first-order valence-corrected chi connectivity index (χ1v) is 4.49. The third kappa shape index (κ3) is 10.9. The summed E-state index contributed by atoms with van der Waals surface area (Å²) >= 11 is 0. The lowest BCUT2D eigenvalue weighted by molar-refractivity contribution is -0.135. The molecule has 0 aromatic heterocycles. The maximum atomic E-state index is 11.7. The number of rotatable bonds is 6. The number of carboxylic acid groups (broad SMARTS) is 1. The molecule has 0 rings (SSSR count). The van der Waals surface area contributed by atoms with Crippen LogP contribution in [0.1, 0.15) is 19.8 Å². The third-order valence-corrected chi connectivity index (χ3v) is 1.59. The molecular formula is C9H14F3NO2. The fourth-order valence-electron chi connectivity index (χ4n) is 0.961. The monoisotopic (exact) mass is 225 g/mol. The highest BCUT2D eigenvalue weighted by Gasteiger charge is 2.25. The molecule has 0 aromatic carbocycles. The number of aliphatic carboxylic acids is 1. The van der Waals surface area contributed by atoms with Gasteiger partial charge in [0.2, 0.25) is 0 Å². The second-order valence-corrected chi connectivity index (χ2v) is 3.22. The van der Waals surface area contributed by atoms with Crippen molar-refractivity contribution in [2.24, 2.45) is 0 Å². The molecule has 0 bridgehead atoms. The number of alkyl halides is 3. The highest BCUT2D eigenvalue weighted by molar-refractivity contribution is 5.80. The van der Waals surface area contributed by atoms with Crippen LogP contribution in [0, 0.1) is 0 Å². The van der Waals surface area contributed by atoms with Crippen molar-refractivity contribution < 1.29 is 23.1 Å². The Morgan fingerprint density at radius 2 is 2.07 bits per heavy atom. The highest BCUT2D eigenvalue weighted by Crippen LogP contribution is 2.20. The predicted molar refractivity (Wildman–Crippen MR) is 49.6 cm³/mol. The molecule has 0 aliphatic rings. The molecule has 0 aliphatic heterocycles. The number of carbonyl (C=O) groups is 1. The SMILES string of the molecule is CC(=CC(=O)O)CNCCCC(F)(F)F. The second kappa shape index (κ2) is 6.44.